The summed E-state index contributed by atoms with van der Waals surface area (Å²) in [7, 11) is 0. The second kappa shape index (κ2) is 7.33. The van der Waals surface area contributed by atoms with Crippen molar-refractivity contribution in [2.45, 2.75) is 25.3 Å². The van der Waals surface area contributed by atoms with Crippen LogP contribution in [0, 0.1) is 5.92 Å². The van der Waals surface area contributed by atoms with Crippen molar-refractivity contribution in [1.82, 2.24) is 19.9 Å². The average molecular weight is 341 g/mol. The van der Waals surface area contributed by atoms with Gasteiger partial charge in [0.15, 0.2) is 0 Å². The maximum absolute atomic E-state index is 12.8. The van der Waals surface area contributed by atoms with Crippen LogP contribution in [0.1, 0.15) is 19.3 Å². The van der Waals surface area contributed by atoms with Crippen LogP contribution in [0.15, 0.2) is 36.7 Å². The van der Waals surface area contributed by atoms with Crippen LogP contribution in [0.5, 0.6) is 0 Å². The molecule has 132 valence electrons. The van der Waals surface area contributed by atoms with Crippen LogP contribution in [0.2, 0.25) is 0 Å². The van der Waals surface area contributed by atoms with Crippen molar-refractivity contribution in [3.63, 3.8) is 0 Å². The van der Waals surface area contributed by atoms with Crippen LogP contribution in [0.3, 0.4) is 0 Å². The molecule has 1 amide bonds. The number of morpholine rings is 1. The number of nitrogens with zero attached hydrogens (tertiary/aromatic N) is 4. The van der Waals surface area contributed by atoms with Gasteiger partial charge in [-0.2, -0.15) is 0 Å². The van der Waals surface area contributed by atoms with E-state index >= 15 is 0 Å². The molecule has 1 atom stereocenters. The summed E-state index contributed by atoms with van der Waals surface area (Å²) in [5.41, 5.74) is 1.62. The summed E-state index contributed by atoms with van der Waals surface area (Å²) in [5.74, 6) is 0.735. The lowest BCUT2D eigenvalue weighted by atomic mass is 9.84. The summed E-state index contributed by atoms with van der Waals surface area (Å²) < 4.78 is 7.23. The van der Waals surface area contributed by atoms with Crippen molar-refractivity contribution in [2.75, 3.05) is 31.6 Å². The molecule has 2 heterocycles. The lowest BCUT2D eigenvalue weighted by molar-refractivity contribution is -0.128. The highest BCUT2D eigenvalue weighted by Crippen LogP contribution is 2.28. The van der Waals surface area contributed by atoms with Crippen LogP contribution in [0.25, 0.3) is 5.69 Å². The van der Waals surface area contributed by atoms with Crippen LogP contribution >= 0.6 is 0 Å². The molecule has 0 bridgehead atoms. The zero-order valence-corrected chi connectivity index (χ0v) is 14.2. The van der Waals surface area contributed by atoms with E-state index in [-0.39, 0.29) is 11.9 Å². The van der Waals surface area contributed by atoms with Gasteiger partial charge in [-0.25, -0.2) is 4.68 Å². The Bertz CT molecular complexity index is 714. The molecule has 0 radical (unpaired) electrons. The zero-order chi connectivity index (χ0) is 17.1. The summed E-state index contributed by atoms with van der Waals surface area (Å²) in [6.07, 6.45) is 7.29. The van der Waals surface area contributed by atoms with Gasteiger partial charge in [-0.3, -0.25) is 9.69 Å². The molecule has 1 N–H and O–H groups in total. The van der Waals surface area contributed by atoms with Crippen LogP contribution in [-0.2, 0) is 9.53 Å². The van der Waals surface area contributed by atoms with E-state index in [9.17, 15) is 4.79 Å². The van der Waals surface area contributed by atoms with Gasteiger partial charge < -0.3 is 10.1 Å². The van der Waals surface area contributed by atoms with Crippen LogP contribution < -0.4 is 5.32 Å². The van der Waals surface area contributed by atoms with Gasteiger partial charge in [0.2, 0.25) is 5.91 Å². The smallest absolute Gasteiger partial charge is 0.244 e. The quantitative estimate of drug-likeness (QED) is 0.896. The van der Waals surface area contributed by atoms with Gasteiger partial charge in [0.1, 0.15) is 6.04 Å². The fourth-order valence-corrected chi connectivity index (χ4v) is 3.40. The first-order valence-electron chi connectivity index (χ1n) is 8.89. The number of hydrogen-bond acceptors (Lipinski definition) is 5. The molecule has 1 aliphatic heterocycles. The summed E-state index contributed by atoms with van der Waals surface area (Å²) in [4.78, 5) is 15.1. The third-order valence-electron chi connectivity index (χ3n) is 5.06. The number of hydrogen-bond donors (Lipinski definition) is 1. The molecule has 2 fully saturated rings. The lowest BCUT2D eigenvalue weighted by Crippen LogP contribution is -2.53. The van der Waals surface area contributed by atoms with E-state index in [1.54, 1.807) is 17.1 Å². The number of carbonyl (C=O) groups is 1. The number of nitrogens with one attached hydrogen (secondary N) is 1. The zero-order valence-electron chi connectivity index (χ0n) is 14.2. The first-order chi connectivity index (χ1) is 12.3. The number of ether oxygens (including phenoxy) is 1. The number of carbonyl (C=O) groups excluding carboxylic acids is 1. The van der Waals surface area contributed by atoms with E-state index in [4.69, 9.17) is 4.74 Å². The Balaban J connectivity index is 1.44. The molecule has 4 rings (SSSR count). The third-order valence-corrected chi connectivity index (χ3v) is 5.06. The molecule has 7 heteroatoms. The molecule has 7 nitrogen and oxygen atoms in total. The summed E-state index contributed by atoms with van der Waals surface area (Å²) in [6.45, 7) is 2.99. The highest BCUT2D eigenvalue weighted by Gasteiger charge is 2.32. The molecule has 1 aliphatic carbocycles. The van der Waals surface area contributed by atoms with Crippen LogP contribution in [-0.4, -0.2) is 58.1 Å². The molecular weight excluding hydrogens is 318 g/mol. The number of amides is 1. The molecule has 2 aromatic rings. The van der Waals surface area contributed by atoms with Gasteiger partial charge in [-0.15, -0.1) is 5.10 Å². The van der Waals surface area contributed by atoms with E-state index in [1.807, 2.05) is 24.3 Å². The Morgan fingerprint density at radius 1 is 1.36 bits per heavy atom. The Labute approximate surface area is 147 Å². The Morgan fingerprint density at radius 3 is 3.04 bits per heavy atom. The molecule has 25 heavy (non-hydrogen) atoms. The lowest BCUT2D eigenvalue weighted by Gasteiger charge is -2.39. The monoisotopic (exact) mass is 341 g/mol. The average Bonchev–Trinajstić information content (AvgIpc) is 3.13. The highest BCUT2D eigenvalue weighted by molar-refractivity contribution is 5.95. The van der Waals surface area contributed by atoms with Crippen molar-refractivity contribution in [2.24, 2.45) is 5.92 Å². The largest absolute Gasteiger partial charge is 0.378 e. The maximum Gasteiger partial charge on any atom is 0.244 e. The van der Waals surface area contributed by atoms with Gasteiger partial charge in [0, 0.05) is 18.8 Å². The molecule has 2 aliphatic rings. The molecule has 1 saturated heterocycles. The molecule has 1 aromatic carbocycles. The number of aromatic nitrogens is 3. The van der Waals surface area contributed by atoms with Gasteiger partial charge in [-0.1, -0.05) is 17.7 Å². The Hall–Kier alpha value is -2.25. The fraction of sp³-hybridized carbons (Fsp3) is 0.500. The van der Waals surface area contributed by atoms with Crippen molar-refractivity contribution in [3.8, 4) is 5.69 Å². The minimum absolute atomic E-state index is 0.00485. The van der Waals surface area contributed by atoms with Gasteiger partial charge in [-0.05, 0) is 37.0 Å². The molecule has 0 unspecified atom stereocenters. The third kappa shape index (κ3) is 3.72. The van der Waals surface area contributed by atoms with E-state index in [0.29, 0.717) is 13.2 Å². The normalized spacial score (nSPS) is 21.7. The van der Waals surface area contributed by atoms with Crippen molar-refractivity contribution in [3.05, 3.63) is 36.7 Å². The number of anilines is 1. The first kappa shape index (κ1) is 16.2. The molecular formula is C18H23N5O2. The fourth-order valence-electron chi connectivity index (χ4n) is 3.40. The standard InChI is InChI=1S/C18H23N5O2/c24-18(17-13-25-10-9-22(17)12-14-3-1-4-14)20-15-5-2-6-16(11-15)23-8-7-19-21-23/h2,5-8,11,14,17H,1,3-4,9-10,12-13H2,(H,20,24)/t17-/m0/s1. The minimum atomic E-state index is -0.218. The van der Waals surface area contributed by atoms with Crippen molar-refractivity contribution in [1.29, 1.82) is 0 Å². The first-order valence-corrected chi connectivity index (χ1v) is 8.89. The van der Waals surface area contributed by atoms with E-state index < -0.39 is 0 Å². The summed E-state index contributed by atoms with van der Waals surface area (Å²) in [6, 6.07) is 7.39. The summed E-state index contributed by atoms with van der Waals surface area (Å²) in [5, 5.41) is 10.8. The Kier molecular flexibility index (Phi) is 4.76. The molecule has 1 aromatic heterocycles. The molecule has 0 spiro atoms. The SMILES string of the molecule is O=C(Nc1cccc(-n2ccnn2)c1)[C@@H]1COCCN1CC1CCC1. The summed E-state index contributed by atoms with van der Waals surface area (Å²) >= 11 is 0. The number of benzene rings is 1. The van der Waals surface area contributed by atoms with Crippen molar-refractivity contribution < 1.29 is 9.53 Å². The van der Waals surface area contributed by atoms with Gasteiger partial charge >= 0.3 is 0 Å². The minimum Gasteiger partial charge on any atom is -0.378 e. The predicted molar refractivity (Wildman–Crippen MR) is 93.5 cm³/mol. The molecule has 1 saturated carbocycles. The van der Waals surface area contributed by atoms with E-state index in [0.717, 1.165) is 30.4 Å². The number of rotatable bonds is 5. The van der Waals surface area contributed by atoms with E-state index in [2.05, 4.69) is 20.5 Å². The van der Waals surface area contributed by atoms with Crippen LogP contribution in [0.4, 0.5) is 5.69 Å². The second-order valence-corrected chi connectivity index (χ2v) is 6.77. The predicted octanol–water partition coefficient (Wildman–Crippen LogP) is 1.71. The topological polar surface area (TPSA) is 72.3 Å². The van der Waals surface area contributed by atoms with Gasteiger partial charge in [0.25, 0.3) is 0 Å². The maximum atomic E-state index is 12.8. The van der Waals surface area contributed by atoms with Crippen molar-refractivity contribution >= 4 is 11.6 Å². The van der Waals surface area contributed by atoms with Gasteiger partial charge in [0.05, 0.1) is 31.3 Å². The highest BCUT2D eigenvalue weighted by atomic mass is 16.5. The Morgan fingerprint density at radius 2 is 2.28 bits per heavy atom. The van der Waals surface area contributed by atoms with E-state index in [1.165, 1.54) is 19.3 Å². The second-order valence-electron chi connectivity index (χ2n) is 6.77.